The molecule has 0 saturated carbocycles. The quantitative estimate of drug-likeness (QED) is 0.249. The molecule has 2 heterocycles. The molecule has 8 nitrogen and oxygen atoms in total. The Balaban J connectivity index is 0.00000243. The second kappa shape index (κ2) is 9.51. The molecule has 0 atom stereocenters. The van der Waals surface area contributed by atoms with E-state index in [4.69, 9.17) is 4.52 Å². The van der Waals surface area contributed by atoms with Crippen LogP contribution in [0.25, 0.3) is 11.0 Å². The molecule has 3 aromatic rings. The van der Waals surface area contributed by atoms with E-state index in [1.807, 2.05) is 25.1 Å². The van der Waals surface area contributed by atoms with Crippen LogP contribution >= 0.6 is 24.0 Å². The van der Waals surface area contributed by atoms with Crippen molar-refractivity contribution >= 4 is 41.0 Å². The van der Waals surface area contributed by atoms with Crippen LogP contribution in [0.15, 0.2) is 33.8 Å². The first-order valence-electron chi connectivity index (χ1n) is 8.33. The van der Waals surface area contributed by atoms with Gasteiger partial charge in [0.05, 0.1) is 17.6 Å². The van der Waals surface area contributed by atoms with Gasteiger partial charge in [-0.2, -0.15) is 4.98 Å². The Morgan fingerprint density at radius 2 is 2.00 bits per heavy atom. The van der Waals surface area contributed by atoms with Gasteiger partial charge in [-0.1, -0.05) is 17.3 Å². The summed E-state index contributed by atoms with van der Waals surface area (Å²) in [6.07, 6.45) is 0.960. The van der Waals surface area contributed by atoms with Gasteiger partial charge in [0.2, 0.25) is 5.89 Å². The van der Waals surface area contributed by atoms with Crippen molar-refractivity contribution in [2.45, 2.75) is 33.4 Å². The fraction of sp³-hybridized carbons (Fsp3) is 0.412. The van der Waals surface area contributed by atoms with Crippen molar-refractivity contribution in [3.05, 3.63) is 41.8 Å². The largest absolute Gasteiger partial charge is 0.356 e. The molecule has 3 rings (SSSR count). The molecule has 0 radical (unpaired) electrons. The van der Waals surface area contributed by atoms with E-state index in [9.17, 15) is 0 Å². The maximum atomic E-state index is 5.07. The molecule has 0 aliphatic carbocycles. The van der Waals surface area contributed by atoms with Crippen molar-refractivity contribution in [2.24, 2.45) is 4.99 Å². The van der Waals surface area contributed by atoms with Crippen LogP contribution < -0.4 is 10.6 Å². The predicted molar refractivity (Wildman–Crippen MR) is 112 cm³/mol. The number of aromatic nitrogens is 4. The zero-order chi connectivity index (χ0) is 17.6. The molecule has 140 valence electrons. The number of guanidine groups is 1. The van der Waals surface area contributed by atoms with Crippen LogP contribution in [0.4, 0.5) is 0 Å². The highest BCUT2D eigenvalue weighted by Gasteiger charge is 2.07. The SMILES string of the molecule is CN=C(NCCCn1c(C)nc2ccccc21)NCc1nc(C)no1.I. The number of para-hydroxylation sites is 2. The van der Waals surface area contributed by atoms with Crippen molar-refractivity contribution < 1.29 is 4.52 Å². The van der Waals surface area contributed by atoms with E-state index in [1.54, 1.807) is 14.0 Å². The summed E-state index contributed by atoms with van der Waals surface area (Å²) in [4.78, 5) is 12.9. The lowest BCUT2D eigenvalue weighted by atomic mass is 10.3. The molecule has 0 aliphatic heterocycles. The van der Waals surface area contributed by atoms with Gasteiger partial charge in [0.15, 0.2) is 11.8 Å². The van der Waals surface area contributed by atoms with Crippen LogP contribution in [0.3, 0.4) is 0 Å². The Morgan fingerprint density at radius 3 is 2.73 bits per heavy atom. The summed E-state index contributed by atoms with van der Waals surface area (Å²) in [5.41, 5.74) is 2.22. The molecule has 0 unspecified atom stereocenters. The van der Waals surface area contributed by atoms with Gasteiger partial charge in [-0.15, -0.1) is 24.0 Å². The Morgan fingerprint density at radius 1 is 1.19 bits per heavy atom. The van der Waals surface area contributed by atoms with Gasteiger partial charge in [0.25, 0.3) is 0 Å². The molecule has 9 heteroatoms. The average Bonchev–Trinajstić information content (AvgIpc) is 3.17. The molecule has 0 bridgehead atoms. The number of hydrogen-bond acceptors (Lipinski definition) is 5. The first kappa shape index (κ1) is 20.1. The highest BCUT2D eigenvalue weighted by Crippen LogP contribution is 2.15. The topological polar surface area (TPSA) is 93.2 Å². The number of imidazole rings is 1. The van der Waals surface area contributed by atoms with Gasteiger partial charge >= 0.3 is 0 Å². The Kier molecular flexibility index (Phi) is 7.37. The molecule has 0 spiro atoms. The van der Waals surface area contributed by atoms with E-state index < -0.39 is 0 Å². The van der Waals surface area contributed by atoms with Crippen molar-refractivity contribution in [1.29, 1.82) is 0 Å². The zero-order valence-corrected chi connectivity index (χ0v) is 17.5. The van der Waals surface area contributed by atoms with Crippen LogP contribution in [0.1, 0.15) is 24.0 Å². The minimum atomic E-state index is 0. The highest BCUT2D eigenvalue weighted by atomic mass is 127. The van der Waals surface area contributed by atoms with Gasteiger partial charge in [-0.3, -0.25) is 4.99 Å². The fourth-order valence-corrected chi connectivity index (χ4v) is 2.71. The van der Waals surface area contributed by atoms with Gasteiger partial charge in [-0.05, 0) is 32.4 Å². The molecule has 0 fully saturated rings. The second-order valence-electron chi connectivity index (χ2n) is 5.74. The number of benzene rings is 1. The summed E-state index contributed by atoms with van der Waals surface area (Å²) in [6.45, 7) is 5.99. The van der Waals surface area contributed by atoms with Gasteiger partial charge in [0.1, 0.15) is 5.82 Å². The molecule has 1 aromatic carbocycles. The minimum absolute atomic E-state index is 0. The molecule has 26 heavy (non-hydrogen) atoms. The summed E-state index contributed by atoms with van der Waals surface area (Å²) < 4.78 is 7.32. The summed E-state index contributed by atoms with van der Waals surface area (Å²) >= 11 is 0. The van der Waals surface area contributed by atoms with Gasteiger partial charge in [-0.25, -0.2) is 4.98 Å². The lowest BCUT2D eigenvalue weighted by Gasteiger charge is -2.11. The van der Waals surface area contributed by atoms with E-state index in [-0.39, 0.29) is 24.0 Å². The van der Waals surface area contributed by atoms with Crippen molar-refractivity contribution in [2.75, 3.05) is 13.6 Å². The summed E-state index contributed by atoms with van der Waals surface area (Å²) in [5, 5.41) is 10.2. The third kappa shape index (κ3) is 4.93. The highest BCUT2D eigenvalue weighted by molar-refractivity contribution is 14.0. The Hall–Kier alpha value is -2.17. The van der Waals surface area contributed by atoms with E-state index in [0.29, 0.717) is 24.2 Å². The number of aryl methyl sites for hydroxylation is 3. The van der Waals surface area contributed by atoms with Crippen LogP contribution in [0.2, 0.25) is 0 Å². The van der Waals surface area contributed by atoms with E-state index in [1.165, 1.54) is 5.52 Å². The maximum absolute atomic E-state index is 5.07. The molecule has 0 aliphatic rings. The Bertz CT molecular complexity index is 871. The number of rotatable bonds is 6. The van der Waals surface area contributed by atoms with Gasteiger partial charge in [0, 0.05) is 20.1 Å². The second-order valence-corrected chi connectivity index (χ2v) is 5.74. The van der Waals surface area contributed by atoms with Crippen molar-refractivity contribution in [3.8, 4) is 0 Å². The molecule has 2 N–H and O–H groups in total. The smallest absolute Gasteiger partial charge is 0.246 e. The minimum Gasteiger partial charge on any atom is -0.356 e. The Labute approximate surface area is 169 Å². The lowest BCUT2D eigenvalue weighted by Crippen LogP contribution is -2.37. The summed E-state index contributed by atoms with van der Waals surface area (Å²) in [7, 11) is 1.74. The number of nitrogens with zero attached hydrogens (tertiary/aromatic N) is 5. The number of aliphatic imine (C=N–C) groups is 1. The molecular weight excluding hydrogens is 445 g/mol. The predicted octanol–water partition coefficient (Wildman–Crippen LogP) is 2.41. The monoisotopic (exact) mass is 469 g/mol. The molecule has 0 saturated heterocycles. The average molecular weight is 469 g/mol. The first-order valence-corrected chi connectivity index (χ1v) is 8.33. The fourth-order valence-electron chi connectivity index (χ4n) is 2.71. The normalized spacial score (nSPS) is 11.4. The molecule has 0 amide bonds. The van der Waals surface area contributed by atoms with E-state index in [0.717, 1.165) is 30.9 Å². The molecular formula is C17H24IN7O. The number of halogens is 1. The summed E-state index contributed by atoms with van der Waals surface area (Å²) in [6, 6.07) is 8.21. The van der Waals surface area contributed by atoms with Crippen LogP contribution in [-0.4, -0.2) is 39.2 Å². The van der Waals surface area contributed by atoms with Crippen LogP contribution in [0, 0.1) is 13.8 Å². The van der Waals surface area contributed by atoms with Crippen molar-refractivity contribution in [3.63, 3.8) is 0 Å². The zero-order valence-electron chi connectivity index (χ0n) is 15.2. The van der Waals surface area contributed by atoms with E-state index in [2.05, 4.69) is 41.4 Å². The third-order valence-corrected chi connectivity index (χ3v) is 3.90. The van der Waals surface area contributed by atoms with Crippen LogP contribution in [-0.2, 0) is 13.1 Å². The first-order chi connectivity index (χ1) is 12.2. The van der Waals surface area contributed by atoms with Crippen LogP contribution in [0.5, 0.6) is 0 Å². The standard InChI is InChI=1S/C17H23N7O.HI/c1-12-21-16(25-23-12)11-20-17(18-3)19-9-6-10-24-13(2)22-14-7-4-5-8-15(14)24;/h4-5,7-8H,6,9-11H2,1-3H3,(H2,18,19,20);1H. The summed E-state index contributed by atoms with van der Waals surface area (Å²) in [5.74, 6) is 2.92. The number of nitrogens with one attached hydrogen (secondary N) is 2. The lowest BCUT2D eigenvalue weighted by molar-refractivity contribution is 0.371. The molecule has 2 aromatic heterocycles. The van der Waals surface area contributed by atoms with E-state index >= 15 is 0 Å². The van der Waals surface area contributed by atoms with Gasteiger partial charge < -0.3 is 19.7 Å². The number of fused-ring (bicyclic) bond motifs is 1. The van der Waals surface area contributed by atoms with Crippen molar-refractivity contribution in [1.82, 2.24) is 30.3 Å². The third-order valence-electron chi connectivity index (χ3n) is 3.90. The maximum Gasteiger partial charge on any atom is 0.246 e. The number of hydrogen-bond donors (Lipinski definition) is 2.